The van der Waals surface area contributed by atoms with Crippen LogP contribution < -0.4 is 16.4 Å². The number of para-hydroxylation sites is 1. The van der Waals surface area contributed by atoms with Gasteiger partial charge in [0.1, 0.15) is 0 Å². The van der Waals surface area contributed by atoms with Crippen LogP contribution in [0.2, 0.25) is 0 Å². The number of nitrogens with two attached hydrogens (primary N) is 2. The van der Waals surface area contributed by atoms with E-state index in [1.807, 2.05) is 48.2 Å². The van der Waals surface area contributed by atoms with Crippen LogP contribution in [0.4, 0.5) is 17.1 Å². The van der Waals surface area contributed by atoms with Gasteiger partial charge in [-0.05, 0) is 37.3 Å². The van der Waals surface area contributed by atoms with Gasteiger partial charge in [0.15, 0.2) is 0 Å². The van der Waals surface area contributed by atoms with Crippen molar-refractivity contribution in [1.29, 1.82) is 0 Å². The molecule has 0 spiro atoms. The summed E-state index contributed by atoms with van der Waals surface area (Å²) in [6.45, 7) is 2.75. The second-order valence-electron chi connectivity index (χ2n) is 4.22. The number of rotatable bonds is 4. The Bertz CT molecular complexity index is 581. The minimum atomic E-state index is -0.475. The molecule has 4 N–H and O–H groups in total. The fourth-order valence-corrected chi connectivity index (χ4v) is 2.09. The number of carbonyl (C=O) groups excluding carboxylic acids is 1. The lowest BCUT2D eigenvalue weighted by molar-refractivity contribution is 0.100. The van der Waals surface area contributed by atoms with Crippen LogP contribution in [-0.2, 0) is 0 Å². The molecule has 0 aliphatic carbocycles. The van der Waals surface area contributed by atoms with Crippen molar-refractivity contribution in [2.75, 3.05) is 17.2 Å². The Morgan fingerprint density at radius 3 is 2.42 bits per heavy atom. The number of nitrogen functional groups attached to an aromatic ring is 1. The third-order valence-corrected chi connectivity index (χ3v) is 2.96. The summed E-state index contributed by atoms with van der Waals surface area (Å²) in [6.07, 6.45) is 0. The highest BCUT2D eigenvalue weighted by atomic mass is 16.1. The molecular weight excluding hydrogens is 238 g/mol. The Balaban J connectivity index is 2.53. The molecule has 2 rings (SSSR count). The molecule has 0 aliphatic rings. The first-order valence-electron chi connectivity index (χ1n) is 6.15. The van der Waals surface area contributed by atoms with Crippen LogP contribution in [0.25, 0.3) is 0 Å². The Morgan fingerprint density at radius 2 is 1.84 bits per heavy atom. The normalized spacial score (nSPS) is 10.2. The van der Waals surface area contributed by atoms with E-state index in [0.29, 0.717) is 11.3 Å². The molecule has 2 aromatic carbocycles. The van der Waals surface area contributed by atoms with E-state index in [2.05, 4.69) is 0 Å². The Labute approximate surface area is 112 Å². The van der Waals surface area contributed by atoms with E-state index in [1.54, 1.807) is 12.1 Å². The van der Waals surface area contributed by atoms with Gasteiger partial charge in [-0.25, -0.2) is 0 Å². The van der Waals surface area contributed by atoms with Gasteiger partial charge in [0, 0.05) is 17.9 Å². The summed E-state index contributed by atoms with van der Waals surface area (Å²) in [5.41, 5.74) is 13.9. The van der Waals surface area contributed by atoms with E-state index in [4.69, 9.17) is 11.5 Å². The van der Waals surface area contributed by atoms with Gasteiger partial charge in [-0.1, -0.05) is 18.2 Å². The van der Waals surface area contributed by atoms with Gasteiger partial charge in [-0.15, -0.1) is 0 Å². The Kier molecular flexibility index (Phi) is 3.71. The number of primary amides is 1. The standard InChI is InChI=1S/C15H17N3O/c1-2-18(12-6-4-3-5-7-12)14-9-8-11(16)10-13(14)15(17)19/h3-10H,2,16H2,1H3,(H2,17,19). The second kappa shape index (κ2) is 5.44. The number of anilines is 3. The highest BCUT2D eigenvalue weighted by Gasteiger charge is 2.15. The Morgan fingerprint density at radius 1 is 1.16 bits per heavy atom. The van der Waals surface area contributed by atoms with Gasteiger partial charge in [0.05, 0.1) is 11.3 Å². The molecular formula is C15H17N3O. The topological polar surface area (TPSA) is 72.3 Å². The summed E-state index contributed by atoms with van der Waals surface area (Å²) in [4.78, 5) is 13.6. The SMILES string of the molecule is CCN(c1ccccc1)c1ccc(N)cc1C(N)=O. The first-order valence-corrected chi connectivity index (χ1v) is 6.15. The maximum Gasteiger partial charge on any atom is 0.250 e. The molecule has 0 radical (unpaired) electrons. The summed E-state index contributed by atoms with van der Waals surface area (Å²) in [5, 5.41) is 0. The molecule has 0 aliphatic heterocycles. The lowest BCUT2D eigenvalue weighted by atomic mass is 10.1. The first-order chi connectivity index (χ1) is 9.13. The average molecular weight is 255 g/mol. The summed E-state index contributed by atoms with van der Waals surface area (Å²) in [7, 11) is 0. The maximum absolute atomic E-state index is 11.6. The minimum Gasteiger partial charge on any atom is -0.399 e. The number of carbonyl (C=O) groups is 1. The van der Waals surface area contributed by atoms with Crippen molar-refractivity contribution in [3.05, 3.63) is 54.1 Å². The van der Waals surface area contributed by atoms with Crippen molar-refractivity contribution in [1.82, 2.24) is 0 Å². The van der Waals surface area contributed by atoms with Crippen molar-refractivity contribution in [2.45, 2.75) is 6.92 Å². The second-order valence-corrected chi connectivity index (χ2v) is 4.22. The van der Waals surface area contributed by atoms with E-state index in [0.717, 1.165) is 17.9 Å². The van der Waals surface area contributed by atoms with Crippen molar-refractivity contribution in [3.63, 3.8) is 0 Å². The van der Waals surface area contributed by atoms with Crippen LogP contribution in [0.5, 0.6) is 0 Å². The van der Waals surface area contributed by atoms with Crippen LogP contribution in [0.15, 0.2) is 48.5 Å². The van der Waals surface area contributed by atoms with Crippen molar-refractivity contribution < 1.29 is 4.79 Å². The molecule has 4 nitrogen and oxygen atoms in total. The quantitative estimate of drug-likeness (QED) is 0.824. The summed E-state index contributed by atoms with van der Waals surface area (Å²) < 4.78 is 0. The van der Waals surface area contributed by atoms with E-state index in [-0.39, 0.29) is 0 Å². The largest absolute Gasteiger partial charge is 0.399 e. The summed E-state index contributed by atoms with van der Waals surface area (Å²) in [6, 6.07) is 15.1. The molecule has 0 saturated carbocycles. The predicted molar refractivity (Wildman–Crippen MR) is 78.5 cm³/mol. The van der Waals surface area contributed by atoms with Crippen LogP contribution in [0.1, 0.15) is 17.3 Å². The molecule has 4 heteroatoms. The van der Waals surface area contributed by atoms with E-state index in [1.165, 1.54) is 0 Å². The van der Waals surface area contributed by atoms with E-state index in [9.17, 15) is 4.79 Å². The molecule has 2 aromatic rings. The third kappa shape index (κ3) is 2.68. The number of nitrogens with zero attached hydrogens (tertiary/aromatic N) is 1. The zero-order valence-electron chi connectivity index (χ0n) is 10.8. The van der Waals surface area contributed by atoms with E-state index < -0.39 is 5.91 Å². The lowest BCUT2D eigenvalue weighted by Crippen LogP contribution is -2.22. The number of hydrogen-bond acceptors (Lipinski definition) is 3. The van der Waals surface area contributed by atoms with Gasteiger partial charge < -0.3 is 16.4 Å². The maximum atomic E-state index is 11.6. The predicted octanol–water partition coefficient (Wildman–Crippen LogP) is 2.53. The third-order valence-electron chi connectivity index (χ3n) is 2.96. The first kappa shape index (κ1) is 13.0. The lowest BCUT2D eigenvalue weighted by Gasteiger charge is -2.25. The van der Waals surface area contributed by atoms with E-state index >= 15 is 0 Å². The molecule has 0 bridgehead atoms. The number of benzene rings is 2. The summed E-state index contributed by atoms with van der Waals surface area (Å²) >= 11 is 0. The smallest absolute Gasteiger partial charge is 0.250 e. The molecule has 0 unspecified atom stereocenters. The molecule has 0 saturated heterocycles. The van der Waals surface area contributed by atoms with Gasteiger partial charge in [-0.2, -0.15) is 0 Å². The van der Waals surface area contributed by atoms with Crippen molar-refractivity contribution in [2.24, 2.45) is 5.73 Å². The van der Waals surface area contributed by atoms with Crippen molar-refractivity contribution in [3.8, 4) is 0 Å². The molecule has 0 atom stereocenters. The zero-order chi connectivity index (χ0) is 13.8. The van der Waals surface area contributed by atoms with Crippen LogP contribution >= 0.6 is 0 Å². The van der Waals surface area contributed by atoms with Crippen LogP contribution in [0.3, 0.4) is 0 Å². The number of amides is 1. The van der Waals surface area contributed by atoms with Gasteiger partial charge in [-0.3, -0.25) is 4.79 Å². The Hall–Kier alpha value is -2.49. The monoisotopic (exact) mass is 255 g/mol. The van der Waals surface area contributed by atoms with Crippen molar-refractivity contribution >= 4 is 23.0 Å². The molecule has 1 amide bonds. The minimum absolute atomic E-state index is 0.436. The van der Waals surface area contributed by atoms with Gasteiger partial charge >= 0.3 is 0 Å². The van der Waals surface area contributed by atoms with Crippen LogP contribution in [0, 0.1) is 0 Å². The molecule has 98 valence electrons. The fraction of sp³-hybridized carbons (Fsp3) is 0.133. The molecule has 0 fully saturated rings. The fourth-order valence-electron chi connectivity index (χ4n) is 2.09. The zero-order valence-corrected chi connectivity index (χ0v) is 10.8. The molecule has 19 heavy (non-hydrogen) atoms. The summed E-state index contributed by atoms with van der Waals surface area (Å²) in [5.74, 6) is -0.475. The highest BCUT2D eigenvalue weighted by molar-refractivity contribution is 6.00. The molecule has 0 heterocycles. The van der Waals surface area contributed by atoms with Crippen LogP contribution in [-0.4, -0.2) is 12.5 Å². The van der Waals surface area contributed by atoms with Gasteiger partial charge in [0.2, 0.25) is 0 Å². The molecule has 0 aromatic heterocycles. The average Bonchev–Trinajstić information content (AvgIpc) is 2.42. The highest BCUT2D eigenvalue weighted by Crippen LogP contribution is 2.29. The number of hydrogen-bond donors (Lipinski definition) is 2. The van der Waals surface area contributed by atoms with Gasteiger partial charge in [0.25, 0.3) is 5.91 Å².